The van der Waals surface area contributed by atoms with Gasteiger partial charge in [0, 0.05) is 22.2 Å². The molecule has 0 saturated heterocycles. The van der Waals surface area contributed by atoms with Crippen molar-refractivity contribution in [2.24, 2.45) is 0 Å². The van der Waals surface area contributed by atoms with E-state index in [-0.39, 0.29) is 11.5 Å². The molecule has 0 saturated carbocycles. The van der Waals surface area contributed by atoms with Crippen LogP contribution in [0.4, 0.5) is 5.69 Å². The number of benzene rings is 2. The van der Waals surface area contributed by atoms with Gasteiger partial charge >= 0.3 is 0 Å². The van der Waals surface area contributed by atoms with Gasteiger partial charge in [-0.05, 0) is 30.2 Å². The van der Waals surface area contributed by atoms with E-state index in [4.69, 9.17) is 11.6 Å². The third-order valence-corrected chi connectivity index (χ3v) is 3.46. The molecule has 112 valence electrons. The van der Waals surface area contributed by atoms with Crippen LogP contribution in [0.3, 0.4) is 0 Å². The summed E-state index contributed by atoms with van der Waals surface area (Å²) in [4.78, 5) is 22.7. The second kappa shape index (κ2) is 7.00. The molecule has 0 heterocycles. The Kier molecular flexibility index (Phi) is 5.07. The van der Waals surface area contributed by atoms with Gasteiger partial charge in [0.15, 0.2) is 5.78 Å². The summed E-state index contributed by atoms with van der Waals surface area (Å²) in [5, 5.41) is 11.5. The topological polar surface area (TPSA) is 60.2 Å². The van der Waals surface area contributed by atoms with Crippen LogP contribution >= 0.6 is 11.6 Å². The van der Waals surface area contributed by atoms with Crippen molar-refractivity contribution >= 4 is 29.1 Å². The average Bonchev–Trinajstić information content (AvgIpc) is 2.52. The van der Waals surface area contributed by atoms with Crippen LogP contribution in [-0.2, 0) is 6.42 Å². The number of hydrogen-bond acceptors (Lipinski definition) is 3. The first-order valence-electron chi connectivity index (χ1n) is 6.76. The lowest BCUT2D eigenvalue weighted by molar-refractivity contribution is -0.385. The highest BCUT2D eigenvalue weighted by Gasteiger charge is 2.12. The second-order valence-corrected chi connectivity index (χ2v) is 5.14. The van der Waals surface area contributed by atoms with Crippen molar-refractivity contribution < 1.29 is 9.72 Å². The Morgan fingerprint density at radius 2 is 2.05 bits per heavy atom. The Labute approximate surface area is 133 Å². The van der Waals surface area contributed by atoms with Gasteiger partial charge in [-0.25, -0.2) is 0 Å². The van der Waals surface area contributed by atoms with Crippen LogP contribution < -0.4 is 0 Å². The normalized spacial score (nSPS) is 10.8. The first kappa shape index (κ1) is 15.9. The molecule has 0 atom stereocenters. The number of carbonyl (C=O) groups excluding carboxylic acids is 1. The first-order valence-corrected chi connectivity index (χ1v) is 7.14. The molecule has 2 aromatic rings. The second-order valence-electron chi connectivity index (χ2n) is 4.71. The minimum Gasteiger partial charge on any atom is -0.289 e. The van der Waals surface area contributed by atoms with Crippen molar-refractivity contribution in [3.05, 3.63) is 80.4 Å². The number of halogens is 1. The minimum absolute atomic E-state index is 0.0693. The Morgan fingerprint density at radius 1 is 1.27 bits per heavy atom. The number of ketones is 1. The number of nitro groups is 1. The molecule has 5 heteroatoms. The quantitative estimate of drug-likeness (QED) is 0.347. The highest BCUT2D eigenvalue weighted by atomic mass is 35.5. The molecular formula is C17H14ClNO3. The van der Waals surface area contributed by atoms with Gasteiger partial charge in [0.1, 0.15) is 0 Å². The maximum absolute atomic E-state index is 12.0. The van der Waals surface area contributed by atoms with Crippen molar-refractivity contribution in [1.82, 2.24) is 0 Å². The van der Waals surface area contributed by atoms with Gasteiger partial charge in [-0.15, -0.1) is 0 Å². The molecule has 0 bridgehead atoms. The number of nitro benzene ring substituents is 1. The van der Waals surface area contributed by atoms with Crippen molar-refractivity contribution in [3.63, 3.8) is 0 Å². The Bertz CT molecular complexity index is 753. The zero-order chi connectivity index (χ0) is 16.1. The number of aryl methyl sites for hydroxylation is 1. The predicted octanol–water partition coefficient (Wildman–Crippen LogP) is 4.71. The maximum Gasteiger partial charge on any atom is 0.273 e. The van der Waals surface area contributed by atoms with E-state index in [1.54, 1.807) is 42.5 Å². The van der Waals surface area contributed by atoms with Crippen molar-refractivity contribution in [1.29, 1.82) is 0 Å². The van der Waals surface area contributed by atoms with Crippen LogP contribution in [0.5, 0.6) is 0 Å². The van der Waals surface area contributed by atoms with E-state index >= 15 is 0 Å². The largest absolute Gasteiger partial charge is 0.289 e. The monoisotopic (exact) mass is 315 g/mol. The van der Waals surface area contributed by atoms with Gasteiger partial charge < -0.3 is 0 Å². The fourth-order valence-corrected chi connectivity index (χ4v) is 2.25. The van der Waals surface area contributed by atoms with E-state index in [1.807, 2.05) is 6.92 Å². The summed E-state index contributed by atoms with van der Waals surface area (Å²) in [5.41, 5.74) is 1.82. The lowest BCUT2D eigenvalue weighted by atomic mass is 10.1. The summed E-state index contributed by atoms with van der Waals surface area (Å²) in [7, 11) is 0. The van der Waals surface area contributed by atoms with Crippen LogP contribution in [-0.4, -0.2) is 10.7 Å². The molecule has 2 rings (SSSR count). The average molecular weight is 316 g/mol. The van der Waals surface area contributed by atoms with Crippen molar-refractivity contribution in [3.8, 4) is 0 Å². The summed E-state index contributed by atoms with van der Waals surface area (Å²) >= 11 is 5.84. The molecular weight excluding hydrogens is 302 g/mol. The molecule has 0 N–H and O–H groups in total. The third-order valence-electron chi connectivity index (χ3n) is 3.22. The van der Waals surface area contributed by atoms with Crippen LogP contribution in [0.1, 0.15) is 28.4 Å². The molecule has 22 heavy (non-hydrogen) atoms. The lowest BCUT2D eigenvalue weighted by Gasteiger charge is -2.01. The summed E-state index contributed by atoms with van der Waals surface area (Å²) < 4.78 is 0. The van der Waals surface area contributed by atoms with Crippen LogP contribution in [0, 0.1) is 10.1 Å². The van der Waals surface area contributed by atoms with Crippen LogP contribution in [0.2, 0.25) is 5.02 Å². The Morgan fingerprint density at radius 3 is 2.68 bits per heavy atom. The van der Waals surface area contributed by atoms with E-state index in [0.29, 0.717) is 28.1 Å². The third kappa shape index (κ3) is 3.80. The molecule has 0 aliphatic carbocycles. The fraction of sp³-hybridized carbons (Fsp3) is 0.118. The molecule has 4 nitrogen and oxygen atoms in total. The molecule has 0 spiro atoms. The van der Waals surface area contributed by atoms with Crippen LogP contribution in [0.15, 0.2) is 48.5 Å². The Balaban J connectivity index is 2.25. The summed E-state index contributed by atoms with van der Waals surface area (Å²) in [6, 6.07) is 11.6. The molecule has 2 aromatic carbocycles. The number of hydrogen-bond donors (Lipinski definition) is 0. The zero-order valence-corrected chi connectivity index (χ0v) is 12.7. The van der Waals surface area contributed by atoms with Gasteiger partial charge in [0.2, 0.25) is 0 Å². The number of nitrogens with zero attached hydrogens (tertiary/aromatic N) is 1. The van der Waals surface area contributed by atoms with E-state index in [2.05, 4.69) is 0 Å². The zero-order valence-electron chi connectivity index (χ0n) is 12.0. The maximum atomic E-state index is 12.0. The van der Waals surface area contributed by atoms with Gasteiger partial charge in [0.25, 0.3) is 5.69 Å². The highest BCUT2D eigenvalue weighted by molar-refractivity contribution is 6.31. The van der Waals surface area contributed by atoms with Gasteiger partial charge in [-0.2, -0.15) is 0 Å². The molecule has 0 fully saturated rings. The fourth-order valence-electron chi connectivity index (χ4n) is 2.06. The molecule has 0 aliphatic heterocycles. The molecule has 0 amide bonds. The number of allylic oxidation sites excluding steroid dienone is 1. The SMILES string of the molecule is CCc1ccc(/C=C/C(=O)c2cccc(Cl)c2)cc1[N+](=O)[O-]. The van der Waals surface area contributed by atoms with E-state index in [0.717, 1.165) is 0 Å². The van der Waals surface area contributed by atoms with Crippen molar-refractivity contribution in [2.45, 2.75) is 13.3 Å². The molecule has 0 unspecified atom stereocenters. The smallest absolute Gasteiger partial charge is 0.273 e. The molecule has 0 radical (unpaired) electrons. The van der Waals surface area contributed by atoms with Gasteiger partial charge in [0.05, 0.1) is 4.92 Å². The first-order chi connectivity index (χ1) is 10.5. The standard InChI is InChI=1S/C17H14ClNO3/c1-2-13-8-6-12(10-16(13)19(21)22)7-9-17(20)14-4-3-5-15(18)11-14/h3-11H,2H2,1H3/b9-7+. The molecule has 0 aromatic heterocycles. The van der Waals surface area contributed by atoms with Crippen LogP contribution in [0.25, 0.3) is 6.08 Å². The summed E-state index contributed by atoms with van der Waals surface area (Å²) in [6.07, 6.45) is 3.54. The van der Waals surface area contributed by atoms with Gasteiger partial charge in [-0.1, -0.05) is 48.9 Å². The number of rotatable bonds is 5. The minimum atomic E-state index is -0.408. The van der Waals surface area contributed by atoms with Crippen molar-refractivity contribution in [2.75, 3.05) is 0 Å². The van der Waals surface area contributed by atoms with E-state index in [1.165, 1.54) is 12.1 Å². The van der Waals surface area contributed by atoms with E-state index < -0.39 is 4.92 Å². The summed E-state index contributed by atoms with van der Waals surface area (Å²) in [5.74, 6) is -0.204. The Hall–Kier alpha value is -2.46. The highest BCUT2D eigenvalue weighted by Crippen LogP contribution is 2.22. The lowest BCUT2D eigenvalue weighted by Crippen LogP contribution is -1.95. The van der Waals surface area contributed by atoms with E-state index in [9.17, 15) is 14.9 Å². The molecule has 0 aliphatic rings. The number of carbonyl (C=O) groups is 1. The summed E-state index contributed by atoms with van der Waals surface area (Å²) in [6.45, 7) is 1.86. The predicted molar refractivity (Wildman–Crippen MR) is 87.3 cm³/mol. The van der Waals surface area contributed by atoms with Gasteiger partial charge in [-0.3, -0.25) is 14.9 Å².